The fourth-order valence-electron chi connectivity index (χ4n) is 2.13. The zero-order valence-electron chi connectivity index (χ0n) is 11.7. The van der Waals surface area contributed by atoms with Gasteiger partial charge in [0.15, 0.2) is 0 Å². The van der Waals surface area contributed by atoms with Gasteiger partial charge in [0.05, 0.1) is 7.11 Å². The summed E-state index contributed by atoms with van der Waals surface area (Å²) in [5, 5.41) is 0. The van der Waals surface area contributed by atoms with Gasteiger partial charge in [0, 0.05) is 25.0 Å². The first-order valence-corrected chi connectivity index (χ1v) is 6.33. The van der Waals surface area contributed by atoms with Crippen molar-refractivity contribution in [2.24, 2.45) is 5.73 Å². The van der Waals surface area contributed by atoms with Crippen LogP contribution in [0.15, 0.2) is 42.5 Å². The molecule has 19 heavy (non-hydrogen) atoms. The van der Waals surface area contributed by atoms with Crippen LogP contribution in [0.2, 0.25) is 0 Å². The molecule has 3 nitrogen and oxygen atoms in total. The number of nitrogens with zero attached hydrogens (tertiary/aromatic N) is 1. The molecule has 100 valence electrons. The summed E-state index contributed by atoms with van der Waals surface area (Å²) in [6, 6.07) is 14.4. The van der Waals surface area contributed by atoms with Gasteiger partial charge in [0.2, 0.25) is 0 Å². The summed E-state index contributed by atoms with van der Waals surface area (Å²) in [5.41, 5.74) is 10.3. The molecule has 0 aliphatic carbocycles. The van der Waals surface area contributed by atoms with Gasteiger partial charge in [-0.1, -0.05) is 12.1 Å². The quantitative estimate of drug-likeness (QED) is 0.912. The van der Waals surface area contributed by atoms with Gasteiger partial charge in [-0.15, -0.1) is 0 Å². The second-order valence-electron chi connectivity index (χ2n) is 4.58. The molecule has 0 amide bonds. The van der Waals surface area contributed by atoms with Gasteiger partial charge in [-0.2, -0.15) is 0 Å². The van der Waals surface area contributed by atoms with Gasteiger partial charge >= 0.3 is 0 Å². The van der Waals surface area contributed by atoms with E-state index in [1.807, 2.05) is 12.1 Å². The lowest BCUT2D eigenvalue weighted by Gasteiger charge is -2.22. The molecule has 0 spiro atoms. The van der Waals surface area contributed by atoms with Crippen LogP contribution < -0.4 is 15.4 Å². The molecule has 0 fully saturated rings. The van der Waals surface area contributed by atoms with Crippen molar-refractivity contribution in [2.75, 3.05) is 19.1 Å². The average Bonchev–Trinajstić information content (AvgIpc) is 2.46. The van der Waals surface area contributed by atoms with Crippen LogP contribution in [0.4, 0.5) is 11.4 Å². The third-order valence-corrected chi connectivity index (χ3v) is 3.32. The van der Waals surface area contributed by atoms with Crippen LogP contribution in [0.1, 0.15) is 11.1 Å². The van der Waals surface area contributed by atoms with E-state index in [4.69, 9.17) is 10.5 Å². The third kappa shape index (κ3) is 2.88. The molecule has 0 atom stereocenters. The van der Waals surface area contributed by atoms with Crippen molar-refractivity contribution in [3.8, 4) is 5.75 Å². The molecule has 0 heterocycles. The van der Waals surface area contributed by atoms with Gasteiger partial charge in [-0.05, 0) is 48.4 Å². The molecule has 0 unspecified atom stereocenters. The summed E-state index contributed by atoms with van der Waals surface area (Å²) in [5.74, 6) is 0.883. The van der Waals surface area contributed by atoms with Crippen LogP contribution >= 0.6 is 0 Å². The molecule has 0 aromatic heterocycles. The summed E-state index contributed by atoms with van der Waals surface area (Å²) < 4.78 is 5.23. The minimum Gasteiger partial charge on any atom is -0.497 e. The highest BCUT2D eigenvalue weighted by molar-refractivity contribution is 5.66. The second-order valence-corrected chi connectivity index (χ2v) is 4.58. The molecule has 3 heteroatoms. The Morgan fingerprint density at radius 1 is 1.11 bits per heavy atom. The fraction of sp³-hybridized carbons (Fsp3) is 0.250. The minimum absolute atomic E-state index is 0.575. The van der Waals surface area contributed by atoms with E-state index in [1.54, 1.807) is 7.11 Å². The van der Waals surface area contributed by atoms with Crippen molar-refractivity contribution in [1.29, 1.82) is 0 Å². The maximum Gasteiger partial charge on any atom is 0.119 e. The number of nitrogens with two attached hydrogens (primary N) is 1. The number of anilines is 2. The van der Waals surface area contributed by atoms with Crippen molar-refractivity contribution in [3.05, 3.63) is 53.6 Å². The summed E-state index contributed by atoms with van der Waals surface area (Å²) in [7, 11) is 3.75. The zero-order valence-corrected chi connectivity index (χ0v) is 11.7. The standard InChI is InChI=1S/C16H20N2O/c1-12-10-15(19-3)8-9-16(12)18(2)14-6-4-13(11-17)5-7-14/h4-10H,11,17H2,1-3H3. The maximum atomic E-state index is 5.62. The summed E-state index contributed by atoms with van der Waals surface area (Å²) in [6.07, 6.45) is 0. The van der Waals surface area contributed by atoms with Gasteiger partial charge in [0.1, 0.15) is 5.75 Å². The van der Waals surface area contributed by atoms with Crippen molar-refractivity contribution >= 4 is 11.4 Å². The first kappa shape index (κ1) is 13.4. The molecule has 0 radical (unpaired) electrons. The highest BCUT2D eigenvalue weighted by atomic mass is 16.5. The number of hydrogen-bond acceptors (Lipinski definition) is 3. The molecular weight excluding hydrogens is 236 g/mol. The Morgan fingerprint density at radius 3 is 2.32 bits per heavy atom. The van der Waals surface area contributed by atoms with E-state index in [0.29, 0.717) is 6.54 Å². The zero-order chi connectivity index (χ0) is 13.8. The van der Waals surface area contributed by atoms with E-state index in [0.717, 1.165) is 17.0 Å². The van der Waals surface area contributed by atoms with Crippen molar-refractivity contribution < 1.29 is 4.74 Å². The molecule has 2 aromatic carbocycles. The molecule has 2 N–H and O–H groups in total. The number of benzene rings is 2. The van der Waals surface area contributed by atoms with Gasteiger partial charge in [-0.3, -0.25) is 0 Å². The van der Waals surface area contributed by atoms with Gasteiger partial charge in [0.25, 0.3) is 0 Å². The number of methoxy groups -OCH3 is 1. The Balaban J connectivity index is 2.29. The fourth-order valence-corrected chi connectivity index (χ4v) is 2.13. The topological polar surface area (TPSA) is 38.5 Å². The Morgan fingerprint density at radius 2 is 1.79 bits per heavy atom. The van der Waals surface area contributed by atoms with Gasteiger partial charge in [-0.25, -0.2) is 0 Å². The molecular formula is C16H20N2O. The van der Waals surface area contributed by atoms with E-state index in [-0.39, 0.29) is 0 Å². The molecule has 0 aliphatic heterocycles. The SMILES string of the molecule is COc1ccc(N(C)c2ccc(CN)cc2)c(C)c1. The number of hydrogen-bond donors (Lipinski definition) is 1. The average molecular weight is 256 g/mol. The molecule has 0 aliphatic rings. The van der Waals surface area contributed by atoms with Crippen LogP contribution in [-0.4, -0.2) is 14.2 Å². The third-order valence-electron chi connectivity index (χ3n) is 3.32. The number of ether oxygens (including phenoxy) is 1. The second kappa shape index (κ2) is 5.76. The first-order chi connectivity index (χ1) is 9.15. The van der Waals surface area contributed by atoms with Crippen LogP contribution in [-0.2, 0) is 6.54 Å². The monoisotopic (exact) mass is 256 g/mol. The molecule has 0 bridgehead atoms. The molecule has 0 saturated heterocycles. The normalized spacial score (nSPS) is 10.3. The minimum atomic E-state index is 0.575. The highest BCUT2D eigenvalue weighted by Crippen LogP contribution is 2.29. The first-order valence-electron chi connectivity index (χ1n) is 6.33. The Bertz CT molecular complexity index is 549. The predicted octanol–water partition coefficient (Wildman–Crippen LogP) is 3.23. The predicted molar refractivity (Wildman–Crippen MR) is 80.1 cm³/mol. The Kier molecular flexibility index (Phi) is 4.07. The smallest absolute Gasteiger partial charge is 0.119 e. The Labute approximate surface area is 114 Å². The number of rotatable bonds is 4. The lowest BCUT2D eigenvalue weighted by atomic mass is 10.1. The summed E-state index contributed by atoms with van der Waals surface area (Å²) in [6.45, 7) is 2.66. The van der Waals surface area contributed by atoms with E-state index in [1.165, 1.54) is 11.3 Å². The molecule has 2 rings (SSSR count). The van der Waals surface area contributed by atoms with Crippen molar-refractivity contribution in [3.63, 3.8) is 0 Å². The van der Waals surface area contributed by atoms with E-state index < -0.39 is 0 Å². The van der Waals surface area contributed by atoms with E-state index >= 15 is 0 Å². The van der Waals surface area contributed by atoms with Crippen LogP contribution in [0.5, 0.6) is 5.75 Å². The maximum absolute atomic E-state index is 5.62. The van der Waals surface area contributed by atoms with E-state index in [2.05, 4.69) is 49.2 Å². The largest absolute Gasteiger partial charge is 0.497 e. The van der Waals surface area contributed by atoms with Crippen LogP contribution in [0.3, 0.4) is 0 Å². The van der Waals surface area contributed by atoms with Crippen LogP contribution in [0, 0.1) is 6.92 Å². The lowest BCUT2D eigenvalue weighted by molar-refractivity contribution is 0.414. The highest BCUT2D eigenvalue weighted by Gasteiger charge is 2.07. The summed E-state index contributed by atoms with van der Waals surface area (Å²) in [4.78, 5) is 2.16. The van der Waals surface area contributed by atoms with Gasteiger partial charge < -0.3 is 15.4 Å². The Hall–Kier alpha value is -2.00. The lowest BCUT2D eigenvalue weighted by Crippen LogP contribution is -2.11. The summed E-state index contributed by atoms with van der Waals surface area (Å²) >= 11 is 0. The van der Waals surface area contributed by atoms with Crippen LogP contribution in [0.25, 0.3) is 0 Å². The molecule has 0 saturated carbocycles. The van der Waals surface area contributed by atoms with E-state index in [9.17, 15) is 0 Å². The van der Waals surface area contributed by atoms with Crippen molar-refractivity contribution in [1.82, 2.24) is 0 Å². The molecule has 2 aromatic rings. The van der Waals surface area contributed by atoms with Crippen molar-refractivity contribution in [2.45, 2.75) is 13.5 Å². The number of aryl methyl sites for hydroxylation is 1.